The van der Waals surface area contributed by atoms with Crippen molar-refractivity contribution in [2.24, 2.45) is 5.10 Å². The van der Waals surface area contributed by atoms with Crippen molar-refractivity contribution in [3.8, 4) is 11.5 Å². The van der Waals surface area contributed by atoms with E-state index in [0.717, 1.165) is 5.56 Å². The average Bonchev–Trinajstić information content (AvgIpc) is 2.57. The maximum atomic E-state index is 11.8. The first-order valence-corrected chi connectivity index (χ1v) is 7.29. The SMILES string of the molecule is CCOc1ccc(/C=N\NC(=O)C[n+]2ccccc2)cc1OC. The van der Waals surface area contributed by atoms with Crippen molar-refractivity contribution in [1.82, 2.24) is 5.43 Å². The lowest BCUT2D eigenvalue weighted by molar-refractivity contribution is -0.684. The van der Waals surface area contributed by atoms with E-state index in [-0.39, 0.29) is 12.5 Å². The fraction of sp³-hybridized carbons (Fsp3) is 0.235. The van der Waals surface area contributed by atoms with Crippen LogP contribution in [0.15, 0.2) is 53.9 Å². The monoisotopic (exact) mass is 314 g/mol. The van der Waals surface area contributed by atoms with Gasteiger partial charge in [-0.05, 0) is 30.7 Å². The van der Waals surface area contributed by atoms with Crippen LogP contribution in [0.2, 0.25) is 0 Å². The smallest absolute Gasteiger partial charge is 0.305 e. The van der Waals surface area contributed by atoms with Gasteiger partial charge in [-0.1, -0.05) is 6.07 Å². The molecule has 0 fully saturated rings. The molecule has 23 heavy (non-hydrogen) atoms. The molecule has 0 spiro atoms. The summed E-state index contributed by atoms with van der Waals surface area (Å²) in [6.45, 7) is 2.69. The highest BCUT2D eigenvalue weighted by Gasteiger charge is 2.07. The summed E-state index contributed by atoms with van der Waals surface area (Å²) in [5.41, 5.74) is 3.30. The van der Waals surface area contributed by atoms with Crippen molar-refractivity contribution < 1.29 is 18.8 Å². The van der Waals surface area contributed by atoms with Crippen LogP contribution in [-0.2, 0) is 11.3 Å². The molecular formula is C17H20N3O3+. The molecule has 2 aromatic rings. The fourth-order valence-corrected chi connectivity index (χ4v) is 1.96. The summed E-state index contributed by atoms with van der Waals surface area (Å²) in [7, 11) is 1.58. The van der Waals surface area contributed by atoms with Crippen molar-refractivity contribution >= 4 is 12.1 Å². The Kier molecular flexibility index (Phi) is 6.11. The molecule has 0 bridgehead atoms. The molecule has 0 saturated carbocycles. The molecule has 0 atom stereocenters. The summed E-state index contributed by atoms with van der Waals surface area (Å²) >= 11 is 0. The maximum Gasteiger partial charge on any atom is 0.305 e. The van der Waals surface area contributed by atoms with E-state index in [9.17, 15) is 4.79 Å². The number of aromatic nitrogens is 1. The average molecular weight is 314 g/mol. The number of pyridine rings is 1. The first-order valence-electron chi connectivity index (χ1n) is 7.29. The van der Waals surface area contributed by atoms with Gasteiger partial charge in [0.05, 0.1) is 19.9 Å². The molecule has 0 radical (unpaired) electrons. The molecule has 0 aliphatic heterocycles. The molecule has 1 amide bonds. The molecule has 0 saturated heterocycles. The molecule has 6 heteroatoms. The Morgan fingerprint density at radius 2 is 2.04 bits per heavy atom. The van der Waals surface area contributed by atoms with Gasteiger partial charge in [-0.2, -0.15) is 9.67 Å². The van der Waals surface area contributed by atoms with Crippen molar-refractivity contribution in [1.29, 1.82) is 0 Å². The molecule has 6 nitrogen and oxygen atoms in total. The number of rotatable bonds is 7. The lowest BCUT2D eigenvalue weighted by Gasteiger charge is -2.09. The Balaban J connectivity index is 1.93. The number of benzene rings is 1. The Morgan fingerprint density at radius 1 is 1.26 bits per heavy atom. The van der Waals surface area contributed by atoms with E-state index < -0.39 is 0 Å². The highest BCUT2D eigenvalue weighted by Crippen LogP contribution is 2.27. The van der Waals surface area contributed by atoms with Crippen molar-refractivity contribution in [2.75, 3.05) is 13.7 Å². The Morgan fingerprint density at radius 3 is 2.74 bits per heavy atom. The van der Waals surface area contributed by atoms with Crippen LogP contribution in [0.1, 0.15) is 12.5 Å². The second-order valence-corrected chi connectivity index (χ2v) is 4.68. The van der Waals surface area contributed by atoms with Gasteiger partial charge in [-0.3, -0.25) is 4.79 Å². The molecular weight excluding hydrogens is 294 g/mol. The van der Waals surface area contributed by atoms with Crippen LogP contribution in [0.3, 0.4) is 0 Å². The molecule has 0 unspecified atom stereocenters. The second kappa shape index (κ2) is 8.53. The minimum Gasteiger partial charge on any atom is -0.493 e. The Bertz CT molecular complexity index is 672. The lowest BCUT2D eigenvalue weighted by Crippen LogP contribution is -2.40. The number of amides is 1. The zero-order valence-corrected chi connectivity index (χ0v) is 13.2. The van der Waals surface area contributed by atoms with E-state index in [1.807, 2.05) is 49.6 Å². The first-order chi connectivity index (χ1) is 11.2. The van der Waals surface area contributed by atoms with Gasteiger partial charge in [0.15, 0.2) is 23.9 Å². The standard InChI is InChI=1S/C17H19N3O3/c1-3-23-15-8-7-14(11-16(15)22-2)12-18-19-17(21)13-20-9-5-4-6-10-20/h4-12H,3,13H2,1-2H3/p+1/b18-12-. The summed E-state index contributed by atoms with van der Waals surface area (Å²) in [6, 6.07) is 11.1. The first kappa shape index (κ1) is 16.5. The Labute approximate surface area is 135 Å². The predicted molar refractivity (Wildman–Crippen MR) is 86.5 cm³/mol. The predicted octanol–water partition coefficient (Wildman–Crippen LogP) is 1.53. The van der Waals surface area contributed by atoms with Crippen molar-refractivity contribution in [2.45, 2.75) is 13.5 Å². The van der Waals surface area contributed by atoms with Gasteiger partial charge in [0.2, 0.25) is 6.54 Å². The van der Waals surface area contributed by atoms with E-state index >= 15 is 0 Å². The van der Waals surface area contributed by atoms with Gasteiger partial charge >= 0.3 is 5.91 Å². The van der Waals surface area contributed by atoms with Crippen LogP contribution >= 0.6 is 0 Å². The number of hydrogen-bond acceptors (Lipinski definition) is 4. The molecule has 1 N–H and O–H groups in total. The number of carbonyl (C=O) groups excluding carboxylic acids is 1. The molecule has 0 aliphatic carbocycles. The number of hydrazone groups is 1. The molecule has 0 aliphatic rings. The number of hydrogen-bond donors (Lipinski definition) is 1. The maximum absolute atomic E-state index is 11.8. The van der Waals surface area contributed by atoms with Gasteiger partial charge < -0.3 is 9.47 Å². The summed E-state index contributed by atoms with van der Waals surface area (Å²) in [5.74, 6) is 1.11. The topological polar surface area (TPSA) is 63.8 Å². The summed E-state index contributed by atoms with van der Waals surface area (Å²) in [4.78, 5) is 11.8. The minimum atomic E-state index is -0.199. The molecule has 2 rings (SSSR count). The highest BCUT2D eigenvalue weighted by atomic mass is 16.5. The van der Waals surface area contributed by atoms with Crippen LogP contribution < -0.4 is 19.5 Å². The third kappa shape index (κ3) is 5.10. The van der Waals surface area contributed by atoms with Crippen LogP contribution in [0.4, 0.5) is 0 Å². The molecule has 1 heterocycles. The lowest BCUT2D eigenvalue weighted by atomic mass is 10.2. The largest absolute Gasteiger partial charge is 0.493 e. The molecule has 1 aromatic heterocycles. The van der Waals surface area contributed by atoms with E-state index in [1.54, 1.807) is 24.0 Å². The van der Waals surface area contributed by atoms with Crippen molar-refractivity contribution in [3.05, 3.63) is 54.4 Å². The normalized spacial score (nSPS) is 10.5. The minimum absolute atomic E-state index is 0.199. The quantitative estimate of drug-likeness (QED) is 0.479. The van der Waals surface area contributed by atoms with Gasteiger partial charge in [0, 0.05) is 12.1 Å². The van der Waals surface area contributed by atoms with Crippen LogP contribution in [0.5, 0.6) is 11.5 Å². The second-order valence-electron chi connectivity index (χ2n) is 4.68. The third-order valence-corrected chi connectivity index (χ3v) is 2.99. The van der Waals surface area contributed by atoms with E-state index in [0.29, 0.717) is 18.1 Å². The van der Waals surface area contributed by atoms with Crippen LogP contribution in [0, 0.1) is 0 Å². The van der Waals surface area contributed by atoms with Gasteiger partial charge in [0.1, 0.15) is 0 Å². The van der Waals surface area contributed by atoms with E-state index in [4.69, 9.17) is 9.47 Å². The van der Waals surface area contributed by atoms with E-state index in [1.165, 1.54) is 0 Å². The molecule has 120 valence electrons. The Hall–Kier alpha value is -2.89. The van der Waals surface area contributed by atoms with Gasteiger partial charge in [-0.25, -0.2) is 5.43 Å². The van der Waals surface area contributed by atoms with Crippen molar-refractivity contribution in [3.63, 3.8) is 0 Å². The van der Waals surface area contributed by atoms with Gasteiger partial charge in [0.25, 0.3) is 0 Å². The summed E-state index contributed by atoms with van der Waals surface area (Å²) < 4.78 is 12.5. The molecule has 1 aromatic carbocycles. The summed E-state index contributed by atoms with van der Waals surface area (Å²) in [5, 5.41) is 3.95. The van der Waals surface area contributed by atoms with Gasteiger partial charge in [-0.15, -0.1) is 0 Å². The number of nitrogens with one attached hydrogen (secondary N) is 1. The zero-order chi connectivity index (χ0) is 16.5. The summed E-state index contributed by atoms with van der Waals surface area (Å²) in [6.07, 6.45) is 5.20. The number of ether oxygens (including phenoxy) is 2. The zero-order valence-electron chi connectivity index (χ0n) is 13.2. The fourth-order valence-electron chi connectivity index (χ4n) is 1.96. The number of methoxy groups -OCH3 is 1. The number of carbonyl (C=O) groups is 1. The third-order valence-electron chi connectivity index (χ3n) is 2.99. The van der Waals surface area contributed by atoms with E-state index in [2.05, 4.69) is 10.5 Å². The van der Waals surface area contributed by atoms with Crippen LogP contribution in [-0.4, -0.2) is 25.8 Å². The van der Waals surface area contributed by atoms with Crippen LogP contribution in [0.25, 0.3) is 0 Å². The number of nitrogens with zero attached hydrogens (tertiary/aromatic N) is 2. The highest BCUT2D eigenvalue weighted by molar-refractivity contribution is 5.82.